The summed E-state index contributed by atoms with van der Waals surface area (Å²) in [4.78, 5) is 0. The van der Waals surface area contributed by atoms with Gasteiger partial charge in [0.05, 0.1) is 12.2 Å². The molecule has 0 aromatic carbocycles. The third-order valence-corrected chi connectivity index (χ3v) is 1.50. The largest absolute Gasteiger partial charge is 0.379 e. The van der Waals surface area contributed by atoms with Gasteiger partial charge in [-0.15, -0.1) is 0 Å². The fourth-order valence-corrected chi connectivity index (χ4v) is 0.903. The van der Waals surface area contributed by atoms with E-state index in [1.807, 2.05) is 6.92 Å². The van der Waals surface area contributed by atoms with Gasteiger partial charge in [-0.2, -0.15) is 0 Å². The van der Waals surface area contributed by atoms with Gasteiger partial charge in [-0.05, 0) is 20.3 Å². The Balaban J connectivity index is 3.53. The summed E-state index contributed by atoms with van der Waals surface area (Å²) in [5, 5.41) is 0. The highest BCUT2D eigenvalue weighted by Crippen LogP contribution is 2.05. The molecule has 0 aromatic rings. The maximum Gasteiger partial charge on any atom is 0.0837 e. The standard InChI is InChI=1S/C8H17O2/c1-5-8(9-4)7(3)10-6-2/h7-8H,3,5-6H2,1-2,4H3. The summed E-state index contributed by atoms with van der Waals surface area (Å²) >= 11 is 0. The van der Waals surface area contributed by atoms with Gasteiger partial charge >= 0.3 is 0 Å². The van der Waals surface area contributed by atoms with Gasteiger partial charge < -0.3 is 9.47 Å². The molecule has 0 N–H and O–H groups in total. The number of rotatable bonds is 5. The topological polar surface area (TPSA) is 18.5 Å². The molecule has 1 radical (unpaired) electrons. The van der Waals surface area contributed by atoms with Crippen molar-refractivity contribution < 1.29 is 9.47 Å². The first-order valence-corrected chi connectivity index (χ1v) is 3.73. The van der Waals surface area contributed by atoms with Crippen LogP contribution in [0.25, 0.3) is 0 Å². The average Bonchev–Trinajstić information content (AvgIpc) is 1.91. The lowest BCUT2D eigenvalue weighted by atomic mass is 10.2. The first kappa shape index (κ1) is 9.92. The molecule has 0 aliphatic heterocycles. The molecule has 61 valence electrons. The van der Waals surface area contributed by atoms with Crippen LogP contribution in [0.4, 0.5) is 0 Å². The van der Waals surface area contributed by atoms with Gasteiger partial charge in [-0.1, -0.05) is 6.92 Å². The molecule has 0 heterocycles. The predicted molar refractivity (Wildman–Crippen MR) is 41.9 cm³/mol. The van der Waals surface area contributed by atoms with E-state index in [9.17, 15) is 0 Å². The fourth-order valence-electron chi connectivity index (χ4n) is 0.903. The molecule has 0 aromatic heterocycles. The van der Waals surface area contributed by atoms with Crippen molar-refractivity contribution >= 4 is 0 Å². The van der Waals surface area contributed by atoms with Crippen molar-refractivity contribution in [1.29, 1.82) is 0 Å². The zero-order chi connectivity index (χ0) is 7.98. The zero-order valence-electron chi connectivity index (χ0n) is 7.09. The van der Waals surface area contributed by atoms with Crippen LogP contribution in [0.2, 0.25) is 0 Å². The van der Waals surface area contributed by atoms with Gasteiger partial charge in [-0.25, -0.2) is 0 Å². The smallest absolute Gasteiger partial charge is 0.0837 e. The van der Waals surface area contributed by atoms with E-state index in [4.69, 9.17) is 9.47 Å². The van der Waals surface area contributed by atoms with E-state index >= 15 is 0 Å². The number of hydrogen-bond donors (Lipinski definition) is 0. The Morgan fingerprint density at radius 2 is 2.00 bits per heavy atom. The van der Waals surface area contributed by atoms with Crippen molar-refractivity contribution in [3.63, 3.8) is 0 Å². The summed E-state index contributed by atoms with van der Waals surface area (Å²) in [5.74, 6) is 0. The van der Waals surface area contributed by atoms with Crippen molar-refractivity contribution in [2.75, 3.05) is 13.7 Å². The van der Waals surface area contributed by atoms with Crippen molar-refractivity contribution in [2.24, 2.45) is 0 Å². The Kier molecular flexibility index (Phi) is 5.64. The van der Waals surface area contributed by atoms with Crippen LogP contribution in [0.3, 0.4) is 0 Å². The average molecular weight is 145 g/mol. The third-order valence-electron chi connectivity index (χ3n) is 1.50. The summed E-state index contributed by atoms with van der Waals surface area (Å²) in [6.45, 7) is 8.54. The Bertz CT molecular complexity index is 69.7. The molecule has 0 saturated heterocycles. The van der Waals surface area contributed by atoms with Crippen molar-refractivity contribution in [1.82, 2.24) is 0 Å². The first-order chi connectivity index (χ1) is 4.76. The SMILES string of the molecule is [CH2]C(OCC)C(CC)OC. The second kappa shape index (κ2) is 5.69. The highest BCUT2D eigenvalue weighted by molar-refractivity contribution is 4.70. The van der Waals surface area contributed by atoms with Crippen LogP contribution in [0.1, 0.15) is 20.3 Å². The lowest BCUT2D eigenvalue weighted by Crippen LogP contribution is -2.27. The quantitative estimate of drug-likeness (QED) is 0.585. The minimum Gasteiger partial charge on any atom is -0.379 e. The molecule has 2 nitrogen and oxygen atoms in total. The van der Waals surface area contributed by atoms with Gasteiger partial charge in [-0.3, -0.25) is 0 Å². The van der Waals surface area contributed by atoms with Crippen LogP contribution in [0, 0.1) is 6.92 Å². The van der Waals surface area contributed by atoms with Crippen LogP contribution < -0.4 is 0 Å². The Labute approximate surface area is 63.5 Å². The van der Waals surface area contributed by atoms with E-state index in [0.717, 1.165) is 6.42 Å². The third kappa shape index (κ3) is 3.18. The van der Waals surface area contributed by atoms with Gasteiger partial charge in [0.1, 0.15) is 0 Å². The van der Waals surface area contributed by atoms with Crippen molar-refractivity contribution in [2.45, 2.75) is 32.5 Å². The van der Waals surface area contributed by atoms with Gasteiger partial charge in [0.15, 0.2) is 0 Å². The molecule has 0 aliphatic carbocycles. The molecule has 0 bridgehead atoms. The highest BCUT2D eigenvalue weighted by Gasteiger charge is 2.13. The van der Waals surface area contributed by atoms with E-state index in [2.05, 4.69) is 13.8 Å². The number of hydrogen-bond acceptors (Lipinski definition) is 2. The van der Waals surface area contributed by atoms with Gasteiger partial charge in [0, 0.05) is 13.7 Å². The monoisotopic (exact) mass is 145 g/mol. The summed E-state index contributed by atoms with van der Waals surface area (Å²) < 4.78 is 10.4. The van der Waals surface area contributed by atoms with Crippen LogP contribution in [-0.4, -0.2) is 25.9 Å². The van der Waals surface area contributed by atoms with Crippen LogP contribution in [0.15, 0.2) is 0 Å². The normalized spacial score (nSPS) is 16.8. The Morgan fingerprint density at radius 3 is 2.30 bits per heavy atom. The molecule has 2 heteroatoms. The Morgan fingerprint density at radius 1 is 1.40 bits per heavy atom. The van der Waals surface area contributed by atoms with E-state index in [1.54, 1.807) is 7.11 Å². The second-order valence-electron chi connectivity index (χ2n) is 2.18. The molecular weight excluding hydrogens is 128 g/mol. The zero-order valence-corrected chi connectivity index (χ0v) is 7.09. The minimum absolute atomic E-state index is 0.0278. The molecule has 2 atom stereocenters. The summed E-state index contributed by atoms with van der Waals surface area (Å²) in [6.07, 6.45) is 1.06. The molecule has 0 rings (SSSR count). The first-order valence-electron chi connectivity index (χ1n) is 3.73. The lowest BCUT2D eigenvalue weighted by Gasteiger charge is -2.20. The van der Waals surface area contributed by atoms with E-state index in [1.165, 1.54) is 0 Å². The molecular formula is C8H17O2. The predicted octanol–water partition coefficient (Wildman–Crippen LogP) is 1.65. The van der Waals surface area contributed by atoms with Crippen molar-refractivity contribution in [3.8, 4) is 0 Å². The Hall–Kier alpha value is -0.0800. The van der Waals surface area contributed by atoms with Crippen LogP contribution in [-0.2, 0) is 9.47 Å². The molecule has 0 aliphatic rings. The fraction of sp³-hybridized carbons (Fsp3) is 0.875. The highest BCUT2D eigenvalue weighted by atomic mass is 16.5. The van der Waals surface area contributed by atoms with E-state index in [0.29, 0.717) is 6.61 Å². The lowest BCUT2D eigenvalue weighted by molar-refractivity contribution is -0.0308. The van der Waals surface area contributed by atoms with E-state index < -0.39 is 0 Å². The van der Waals surface area contributed by atoms with Gasteiger partial charge in [0.2, 0.25) is 0 Å². The van der Waals surface area contributed by atoms with Crippen LogP contribution in [0.5, 0.6) is 0 Å². The summed E-state index contributed by atoms with van der Waals surface area (Å²) in [6, 6.07) is 0. The molecule has 10 heavy (non-hydrogen) atoms. The minimum atomic E-state index is -0.0278. The molecule has 0 spiro atoms. The van der Waals surface area contributed by atoms with E-state index in [-0.39, 0.29) is 12.2 Å². The number of methoxy groups -OCH3 is 1. The summed E-state index contributed by atoms with van der Waals surface area (Å²) in [7, 11) is 1.69. The maximum absolute atomic E-state index is 5.25. The summed E-state index contributed by atoms with van der Waals surface area (Å²) in [5.41, 5.74) is 0. The van der Waals surface area contributed by atoms with Gasteiger partial charge in [0.25, 0.3) is 0 Å². The number of ether oxygens (including phenoxy) is 2. The molecule has 2 unspecified atom stereocenters. The van der Waals surface area contributed by atoms with Crippen molar-refractivity contribution in [3.05, 3.63) is 6.92 Å². The molecule has 0 amide bonds. The molecule has 0 saturated carbocycles. The van der Waals surface area contributed by atoms with Crippen LogP contribution >= 0.6 is 0 Å². The maximum atomic E-state index is 5.25. The molecule has 0 fully saturated rings. The second-order valence-corrected chi connectivity index (χ2v) is 2.18.